The highest BCUT2D eigenvalue weighted by atomic mass is 127. The first-order valence-electron chi connectivity index (χ1n) is 15.1. The van der Waals surface area contributed by atoms with E-state index < -0.39 is 12.0 Å². The average Bonchev–Trinajstić information content (AvgIpc) is 3.41. The van der Waals surface area contributed by atoms with Gasteiger partial charge in [0.15, 0.2) is 16.3 Å². The Morgan fingerprint density at radius 3 is 2.47 bits per heavy atom. The van der Waals surface area contributed by atoms with E-state index in [9.17, 15) is 14.0 Å². The van der Waals surface area contributed by atoms with Gasteiger partial charge in [-0.3, -0.25) is 9.36 Å². The maximum atomic E-state index is 14.5. The Kier molecular flexibility index (Phi) is 10.7. The van der Waals surface area contributed by atoms with Gasteiger partial charge in [0, 0.05) is 21.2 Å². The number of nitrogens with zero attached hydrogens (tertiary/aromatic N) is 2. The fraction of sp³-hybridized carbons (Fsp3) is 0.162. The molecule has 8 nitrogen and oxygen atoms in total. The van der Waals surface area contributed by atoms with Gasteiger partial charge in [0.05, 0.1) is 46.2 Å². The molecule has 1 aromatic heterocycles. The number of esters is 1. The number of thiazole rings is 1. The third-order valence-corrected chi connectivity index (χ3v) is 9.99. The van der Waals surface area contributed by atoms with Gasteiger partial charge in [0.25, 0.3) is 5.56 Å². The van der Waals surface area contributed by atoms with Gasteiger partial charge in [0.1, 0.15) is 18.2 Å². The molecule has 4 aromatic carbocycles. The molecule has 0 bridgehead atoms. The van der Waals surface area contributed by atoms with Gasteiger partial charge in [-0.2, -0.15) is 0 Å². The van der Waals surface area contributed by atoms with Crippen LogP contribution in [0.2, 0.25) is 0 Å². The quantitative estimate of drug-likeness (QED) is 0.111. The van der Waals surface area contributed by atoms with Crippen molar-refractivity contribution in [2.45, 2.75) is 19.6 Å². The molecule has 0 saturated carbocycles. The predicted octanol–water partition coefficient (Wildman–Crippen LogP) is 7.04. The molecule has 1 aliphatic rings. The Morgan fingerprint density at radius 2 is 1.76 bits per heavy atom. The lowest BCUT2D eigenvalue weighted by atomic mass is 9.93. The molecular weight excluding hydrogens is 826 g/mol. The number of carbonyl (C=O) groups is 1. The second-order valence-corrected chi connectivity index (χ2v) is 13.8. The third-order valence-electron chi connectivity index (χ3n) is 7.75. The number of aromatic nitrogens is 1. The van der Waals surface area contributed by atoms with Gasteiger partial charge >= 0.3 is 5.97 Å². The standard InChI is InChI=1S/C37H29BrFIN2O6S/c1-4-47-36(44)31-32(21-10-6-5-7-11-21)41-37-42(33(31)22-14-15-28(45-2)29(17-22)46-3)35(43)30(49-37)18-24-16-25(38)19-27(40)34(24)48-20-23-12-8-9-13-26(23)39/h5-19,33H,4,20H2,1-3H3/b30-18-/t33-/m1/s1. The summed E-state index contributed by atoms with van der Waals surface area (Å²) in [5.41, 5.74) is 2.55. The van der Waals surface area contributed by atoms with E-state index in [1.54, 1.807) is 49.4 Å². The lowest BCUT2D eigenvalue weighted by molar-refractivity contribution is -0.138. The number of fused-ring (bicyclic) bond motifs is 1. The predicted molar refractivity (Wildman–Crippen MR) is 198 cm³/mol. The molecule has 6 rings (SSSR count). The molecule has 1 atom stereocenters. The molecule has 250 valence electrons. The number of carbonyl (C=O) groups excluding carboxylic acids is 1. The highest BCUT2D eigenvalue weighted by molar-refractivity contribution is 14.1. The number of benzene rings is 4. The summed E-state index contributed by atoms with van der Waals surface area (Å²) in [7, 11) is 3.06. The van der Waals surface area contributed by atoms with Crippen LogP contribution in [0.15, 0.2) is 105 Å². The number of rotatable bonds is 10. The highest BCUT2D eigenvalue weighted by Crippen LogP contribution is 2.39. The van der Waals surface area contributed by atoms with Crippen LogP contribution in [0, 0.1) is 9.39 Å². The summed E-state index contributed by atoms with van der Waals surface area (Å²) in [6.45, 7) is 1.85. The van der Waals surface area contributed by atoms with Crippen molar-refractivity contribution < 1.29 is 28.1 Å². The molecule has 5 aromatic rings. The van der Waals surface area contributed by atoms with Crippen molar-refractivity contribution >= 4 is 67.6 Å². The molecule has 0 radical (unpaired) electrons. The number of halogens is 3. The van der Waals surface area contributed by atoms with Crippen molar-refractivity contribution in [3.8, 4) is 17.2 Å². The van der Waals surface area contributed by atoms with Crippen molar-refractivity contribution in [1.82, 2.24) is 4.57 Å². The summed E-state index contributed by atoms with van der Waals surface area (Å²) in [6, 6.07) is 23.8. The van der Waals surface area contributed by atoms with Gasteiger partial charge < -0.3 is 18.9 Å². The first-order valence-corrected chi connectivity index (χ1v) is 17.8. The van der Waals surface area contributed by atoms with Gasteiger partial charge in [-0.1, -0.05) is 81.9 Å². The minimum absolute atomic E-state index is 0.00492. The molecule has 0 spiro atoms. The van der Waals surface area contributed by atoms with Gasteiger partial charge in [-0.15, -0.1) is 0 Å². The smallest absolute Gasteiger partial charge is 0.338 e. The monoisotopic (exact) mass is 854 g/mol. The van der Waals surface area contributed by atoms with Crippen LogP contribution in [0.25, 0.3) is 11.8 Å². The summed E-state index contributed by atoms with van der Waals surface area (Å²) in [5, 5.41) is 0. The van der Waals surface area contributed by atoms with Crippen LogP contribution in [-0.2, 0) is 16.1 Å². The van der Waals surface area contributed by atoms with Gasteiger partial charge in [-0.25, -0.2) is 14.2 Å². The average molecular weight is 856 g/mol. The van der Waals surface area contributed by atoms with Crippen LogP contribution >= 0.6 is 49.9 Å². The normalized spacial score (nSPS) is 14.2. The van der Waals surface area contributed by atoms with Crippen LogP contribution < -0.4 is 29.1 Å². The summed E-state index contributed by atoms with van der Waals surface area (Å²) in [6.07, 6.45) is 1.73. The molecule has 0 fully saturated rings. The van der Waals surface area contributed by atoms with Crippen LogP contribution in [0.5, 0.6) is 17.2 Å². The molecule has 0 N–H and O–H groups in total. The molecule has 0 amide bonds. The molecule has 0 unspecified atom stereocenters. The lowest BCUT2D eigenvalue weighted by Gasteiger charge is -2.26. The van der Waals surface area contributed by atoms with E-state index in [1.807, 2.05) is 42.5 Å². The maximum absolute atomic E-state index is 14.5. The van der Waals surface area contributed by atoms with Crippen LogP contribution in [0.3, 0.4) is 0 Å². The molecule has 2 heterocycles. The Labute approximate surface area is 307 Å². The summed E-state index contributed by atoms with van der Waals surface area (Å²) in [5.74, 6) is 0.460. The van der Waals surface area contributed by atoms with Crippen molar-refractivity contribution in [2.24, 2.45) is 4.99 Å². The van der Waals surface area contributed by atoms with Gasteiger partial charge in [0.2, 0.25) is 0 Å². The fourth-order valence-corrected chi connectivity index (χ4v) is 8.22. The van der Waals surface area contributed by atoms with E-state index in [0.717, 1.165) is 8.04 Å². The SMILES string of the molecule is CCOC(=O)C1=C(c2ccccc2)N=c2s/c(=C\c3cc(Br)cc(I)c3OCc3ccccc3F)c(=O)n2[C@@H]1c1ccc(OC)c(OC)c1. The van der Waals surface area contributed by atoms with E-state index in [1.165, 1.54) is 36.2 Å². The molecule has 12 heteroatoms. The zero-order valence-electron chi connectivity index (χ0n) is 26.5. The zero-order valence-corrected chi connectivity index (χ0v) is 31.1. The van der Waals surface area contributed by atoms with Crippen molar-refractivity contribution in [3.63, 3.8) is 0 Å². The van der Waals surface area contributed by atoms with E-state index in [0.29, 0.717) is 54.5 Å². The maximum Gasteiger partial charge on any atom is 0.338 e. The first-order chi connectivity index (χ1) is 23.7. The van der Waals surface area contributed by atoms with Crippen LogP contribution in [-0.4, -0.2) is 31.4 Å². The molecule has 0 saturated heterocycles. The number of hydrogen-bond acceptors (Lipinski definition) is 8. The van der Waals surface area contributed by atoms with E-state index in [4.69, 9.17) is 23.9 Å². The fourth-order valence-electron chi connectivity index (χ4n) is 5.53. The van der Waals surface area contributed by atoms with Crippen molar-refractivity contribution in [2.75, 3.05) is 20.8 Å². The lowest BCUT2D eigenvalue weighted by Crippen LogP contribution is -2.40. The Morgan fingerprint density at radius 1 is 1.02 bits per heavy atom. The van der Waals surface area contributed by atoms with Gasteiger partial charge in [-0.05, 0) is 71.5 Å². The molecule has 1 aliphatic heterocycles. The highest BCUT2D eigenvalue weighted by Gasteiger charge is 2.35. The second-order valence-electron chi connectivity index (χ2n) is 10.7. The van der Waals surface area contributed by atoms with Crippen molar-refractivity contribution in [1.29, 1.82) is 0 Å². The van der Waals surface area contributed by atoms with Crippen LogP contribution in [0.4, 0.5) is 4.39 Å². The number of ether oxygens (including phenoxy) is 4. The third kappa shape index (κ3) is 7.08. The van der Waals surface area contributed by atoms with E-state index in [-0.39, 0.29) is 30.2 Å². The second kappa shape index (κ2) is 15.1. The zero-order chi connectivity index (χ0) is 34.7. The molecule has 0 aliphatic carbocycles. The Bertz CT molecular complexity index is 2270. The largest absolute Gasteiger partial charge is 0.493 e. The first kappa shape index (κ1) is 34.6. The van der Waals surface area contributed by atoms with E-state index in [2.05, 4.69) is 38.5 Å². The minimum atomic E-state index is -0.910. The van der Waals surface area contributed by atoms with Crippen molar-refractivity contribution in [3.05, 3.63) is 146 Å². The summed E-state index contributed by atoms with van der Waals surface area (Å²) < 4.78 is 40.7. The Balaban J connectivity index is 1.59. The number of hydrogen-bond donors (Lipinski definition) is 0. The number of methoxy groups -OCH3 is 2. The van der Waals surface area contributed by atoms with E-state index >= 15 is 0 Å². The Hall–Kier alpha value is -4.27. The minimum Gasteiger partial charge on any atom is -0.493 e. The molecule has 49 heavy (non-hydrogen) atoms. The van der Waals surface area contributed by atoms with Crippen LogP contribution in [0.1, 0.15) is 35.2 Å². The summed E-state index contributed by atoms with van der Waals surface area (Å²) >= 11 is 6.90. The molecular formula is C37H29BrFIN2O6S. The summed E-state index contributed by atoms with van der Waals surface area (Å²) in [4.78, 5) is 33.6. The topological polar surface area (TPSA) is 88.4 Å².